The van der Waals surface area contributed by atoms with E-state index < -0.39 is 48.7 Å². The summed E-state index contributed by atoms with van der Waals surface area (Å²) in [5, 5.41) is 25.2. The summed E-state index contributed by atoms with van der Waals surface area (Å²) in [4.78, 5) is 45.6. The summed E-state index contributed by atoms with van der Waals surface area (Å²) in [5.41, 5.74) is 10.8. The lowest BCUT2D eigenvalue weighted by molar-refractivity contribution is -0.143. The smallest absolute Gasteiger partial charge is 0.326 e. The average Bonchev–Trinajstić information content (AvgIpc) is 2.55. The molecule has 0 aliphatic rings. The highest BCUT2D eigenvalue weighted by Crippen LogP contribution is 1.95. The molecule has 142 valence electrons. The minimum atomic E-state index is -1.39. The lowest BCUT2D eigenvalue weighted by Crippen LogP contribution is -2.49. The monoisotopic (exact) mass is 359 g/mol. The van der Waals surface area contributed by atoms with Crippen LogP contribution < -0.4 is 32.7 Å². The van der Waals surface area contributed by atoms with Gasteiger partial charge >= 0.3 is 5.97 Å². The van der Waals surface area contributed by atoms with E-state index in [1.807, 2.05) is 0 Å². The maximum Gasteiger partial charge on any atom is 0.326 e. The van der Waals surface area contributed by atoms with E-state index in [4.69, 9.17) is 22.0 Å². The van der Waals surface area contributed by atoms with E-state index in [-0.39, 0.29) is 5.96 Å². The number of carboxylic acids is 1. The van der Waals surface area contributed by atoms with Gasteiger partial charge in [0.15, 0.2) is 5.96 Å². The van der Waals surface area contributed by atoms with Crippen molar-refractivity contribution in [2.45, 2.75) is 31.3 Å². The maximum atomic E-state index is 11.7. The lowest BCUT2D eigenvalue weighted by Gasteiger charge is -2.15. The molecule has 25 heavy (non-hydrogen) atoms. The third-order valence-electron chi connectivity index (χ3n) is 3.07. The highest BCUT2D eigenvalue weighted by molar-refractivity contribution is 5.91. The number of amides is 3. The third kappa shape index (κ3) is 10.5. The van der Waals surface area contributed by atoms with Gasteiger partial charge in [0.1, 0.15) is 6.04 Å². The number of aliphatic carboxylic acids is 1. The Kier molecular flexibility index (Phi) is 10.3. The molecule has 2 unspecified atom stereocenters. The molecular weight excluding hydrogens is 334 g/mol. The number of nitrogens with one attached hydrogen (secondary N) is 5. The fourth-order valence-electron chi connectivity index (χ4n) is 1.71. The molecule has 0 aliphatic carbocycles. The van der Waals surface area contributed by atoms with Crippen molar-refractivity contribution in [3.63, 3.8) is 0 Å². The summed E-state index contributed by atoms with van der Waals surface area (Å²) in [7, 11) is 1.34. The van der Waals surface area contributed by atoms with Crippen LogP contribution in [0.2, 0.25) is 0 Å². The molecule has 12 heteroatoms. The van der Waals surface area contributed by atoms with Gasteiger partial charge in [0.2, 0.25) is 17.7 Å². The van der Waals surface area contributed by atoms with Crippen LogP contribution in [-0.2, 0) is 19.2 Å². The van der Waals surface area contributed by atoms with Crippen molar-refractivity contribution in [2.24, 2.45) is 11.5 Å². The van der Waals surface area contributed by atoms with Gasteiger partial charge in [0, 0.05) is 13.6 Å². The molecule has 10 N–H and O–H groups in total. The van der Waals surface area contributed by atoms with Gasteiger partial charge in [-0.2, -0.15) is 0 Å². The Morgan fingerprint density at radius 1 is 1.16 bits per heavy atom. The second-order valence-corrected chi connectivity index (χ2v) is 5.14. The van der Waals surface area contributed by atoms with Crippen LogP contribution in [0.15, 0.2) is 0 Å². The van der Waals surface area contributed by atoms with Crippen molar-refractivity contribution in [3.8, 4) is 0 Å². The van der Waals surface area contributed by atoms with Gasteiger partial charge in [-0.3, -0.25) is 19.8 Å². The van der Waals surface area contributed by atoms with Crippen LogP contribution >= 0.6 is 0 Å². The average molecular weight is 359 g/mol. The largest absolute Gasteiger partial charge is 0.480 e. The van der Waals surface area contributed by atoms with Crippen LogP contribution in [0.1, 0.15) is 19.3 Å². The number of rotatable bonds is 11. The van der Waals surface area contributed by atoms with E-state index in [0.717, 1.165) is 0 Å². The van der Waals surface area contributed by atoms with Gasteiger partial charge in [-0.05, 0) is 12.8 Å². The molecule has 0 bridgehead atoms. The highest BCUT2D eigenvalue weighted by atomic mass is 16.4. The maximum absolute atomic E-state index is 11.7. The molecule has 0 saturated carbocycles. The summed E-state index contributed by atoms with van der Waals surface area (Å²) in [6.45, 7) is -0.0770. The van der Waals surface area contributed by atoms with Crippen molar-refractivity contribution in [1.29, 1.82) is 5.41 Å². The topological polar surface area (TPSA) is 213 Å². The van der Waals surface area contributed by atoms with Gasteiger partial charge in [-0.1, -0.05) is 0 Å². The fraction of sp³-hybridized carbons (Fsp3) is 0.615. The summed E-state index contributed by atoms with van der Waals surface area (Å²) < 4.78 is 0. The zero-order valence-corrected chi connectivity index (χ0v) is 13.9. The molecule has 0 aromatic rings. The van der Waals surface area contributed by atoms with E-state index >= 15 is 0 Å². The second-order valence-electron chi connectivity index (χ2n) is 5.14. The zero-order valence-electron chi connectivity index (χ0n) is 13.9. The number of nitrogens with two attached hydrogens (primary N) is 2. The van der Waals surface area contributed by atoms with Crippen LogP contribution in [0.4, 0.5) is 0 Å². The zero-order chi connectivity index (χ0) is 19.4. The Hall–Kier alpha value is -2.89. The first-order valence-electron chi connectivity index (χ1n) is 7.51. The Bertz CT molecular complexity index is 511. The molecule has 12 nitrogen and oxygen atoms in total. The molecule has 0 spiro atoms. The van der Waals surface area contributed by atoms with Crippen LogP contribution in [0, 0.1) is 5.41 Å². The summed E-state index contributed by atoms with van der Waals surface area (Å²) in [5.74, 6) is -3.42. The summed E-state index contributed by atoms with van der Waals surface area (Å²) in [6, 6.07) is -2.25. The van der Waals surface area contributed by atoms with Gasteiger partial charge in [0.05, 0.1) is 19.0 Å². The normalized spacial score (nSPS) is 12.4. The van der Waals surface area contributed by atoms with E-state index in [9.17, 15) is 19.2 Å². The Morgan fingerprint density at radius 3 is 2.32 bits per heavy atom. The Balaban J connectivity index is 4.20. The molecular formula is C13H25N7O5. The van der Waals surface area contributed by atoms with Gasteiger partial charge in [-0.15, -0.1) is 0 Å². The lowest BCUT2D eigenvalue weighted by atomic mass is 10.1. The van der Waals surface area contributed by atoms with E-state index in [0.29, 0.717) is 19.4 Å². The SMILES string of the molecule is CNC(=O)CC(NC(=O)CNC(=O)C(N)CCCNC(=N)N)C(=O)O. The van der Waals surface area contributed by atoms with Crippen LogP contribution in [0.25, 0.3) is 0 Å². The molecule has 0 aliphatic heterocycles. The number of hydrogen-bond donors (Lipinski definition) is 8. The number of carboxylic acid groups (broad SMARTS) is 1. The van der Waals surface area contributed by atoms with E-state index in [1.54, 1.807) is 0 Å². The quantitative estimate of drug-likeness (QED) is 0.104. The fourth-order valence-corrected chi connectivity index (χ4v) is 1.71. The van der Waals surface area contributed by atoms with E-state index in [1.165, 1.54) is 7.05 Å². The molecule has 0 aromatic carbocycles. The van der Waals surface area contributed by atoms with Crippen molar-refractivity contribution in [1.82, 2.24) is 21.3 Å². The van der Waals surface area contributed by atoms with E-state index in [2.05, 4.69) is 21.3 Å². The number of carbonyl (C=O) groups excluding carboxylic acids is 3. The van der Waals surface area contributed by atoms with Crippen LogP contribution in [-0.4, -0.2) is 67.0 Å². The second kappa shape index (κ2) is 11.6. The molecule has 2 atom stereocenters. The van der Waals surface area contributed by atoms with Crippen molar-refractivity contribution >= 4 is 29.7 Å². The minimum Gasteiger partial charge on any atom is -0.480 e. The number of hydrogen-bond acceptors (Lipinski definition) is 6. The molecule has 3 amide bonds. The Labute approximate surface area is 144 Å². The molecule has 0 heterocycles. The standard InChI is InChI=1S/C13H25N7O5/c1-17-9(21)5-8(12(24)25)20-10(22)6-19-11(23)7(14)3-2-4-18-13(15)16/h7-8H,2-6,14H2,1H3,(H,17,21)(H,19,23)(H,20,22)(H,24,25)(H4,15,16,18). The first kappa shape index (κ1) is 22.1. The molecule has 0 saturated heterocycles. The third-order valence-corrected chi connectivity index (χ3v) is 3.07. The first-order chi connectivity index (χ1) is 11.7. The number of carbonyl (C=O) groups is 4. The minimum absolute atomic E-state index is 0.181. The van der Waals surface area contributed by atoms with Crippen molar-refractivity contribution in [3.05, 3.63) is 0 Å². The predicted molar refractivity (Wildman–Crippen MR) is 88.4 cm³/mol. The summed E-state index contributed by atoms with van der Waals surface area (Å²) in [6.07, 6.45) is 0.379. The predicted octanol–water partition coefficient (Wildman–Crippen LogP) is -3.60. The Morgan fingerprint density at radius 2 is 1.80 bits per heavy atom. The molecule has 0 radical (unpaired) electrons. The summed E-state index contributed by atoms with van der Waals surface area (Å²) >= 11 is 0. The molecule has 0 rings (SSSR count). The van der Waals surface area contributed by atoms with Crippen LogP contribution in [0.5, 0.6) is 0 Å². The van der Waals surface area contributed by atoms with Crippen molar-refractivity contribution < 1.29 is 24.3 Å². The van der Waals surface area contributed by atoms with Gasteiger partial charge < -0.3 is 37.8 Å². The van der Waals surface area contributed by atoms with Gasteiger partial charge in [0.25, 0.3) is 0 Å². The van der Waals surface area contributed by atoms with Crippen LogP contribution in [0.3, 0.4) is 0 Å². The number of guanidine groups is 1. The highest BCUT2D eigenvalue weighted by Gasteiger charge is 2.23. The van der Waals surface area contributed by atoms with Crippen molar-refractivity contribution in [2.75, 3.05) is 20.1 Å². The molecule has 0 aromatic heterocycles. The van der Waals surface area contributed by atoms with Gasteiger partial charge in [-0.25, -0.2) is 4.79 Å². The molecule has 0 fully saturated rings. The first-order valence-corrected chi connectivity index (χ1v) is 7.51.